The van der Waals surface area contributed by atoms with E-state index in [1.54, 1.807) is 36.7 Å². The Morgan fingerprint density at radius 3 is 2.16 bits per heavy atom. The first kappa shape index (κ1) is 34.5. The number of benzene rings is 2. The highest BCUT2D eigenvalue weighted by molar-refractivity contribution is 9.10. The van der Waals surface area contributed by atoms with E-state index in [0.717, 1.165) is 43.6 Å². The van der Waals surface area contributed by atoms with E-state index in [-0.39, 0.29) is 11.9 Å². The highest BCUT2D eigenvalue weighted by Gasteiger charge is 2.27. The minimum Gasteiger partial charge on any atom is -0.461 e. The van der Waals surface area contributed by atoms with E-state index < -0.39 is 7.12 Å². The molecule has 2 aliphatic rings. The van der Waals surface area contributed by atoms with Gasteiger partial charge < -0.3 is 29.0 Å². The van der Waals surface area contributed by atoms with Gasteiger partial charge in [0.15, 0.2) is 11.4 Å². The van der Waals surface area contributed by atoms with Crippen molar-refractivity contribution in [2.75, 3.05) is 26.4 Å². The average molecular weight is 748 g/mol. The molecule has 0 fully saturated rings. The van der Waals surface area contributed by atoms with E-state index in [9.17, 15) is 9.59 Å². The molecule has 45 heavy (non-hydrogen) atoms. The zero-order chi connectivity index (χ0) is 32.3. The van der Waals surface area contributed by atoms with Gasteiger partial charge in [-0.25, -0.2) is 14.3 Å². The summed E-state index contributed by atoms with van der Waals surface area (Å²) in [5, 5.41) is 28.6. The van der Waals surface area contributed by atoms with Crippen molar-refractivity contribution in [3.63, 3.8) is 0 Å². The van der Waals surface area contributed by atoms with Crippen LogP contribution in [0.1, 0.15) is 57.3 Å². The maximum absolute atomic E-state index is 12.1. The highest BCUT2D eigenvalue weighted by Crippen LogP contribution is 2.26. The topological polar surface area (TPSA) is 158 Å². The summed E-state index contributed by atoms with van der Waals surface area (Å²) in [4.78, 5) is 23.5. The summed E-state index contributed by atoms with van der Waals surface area (Å²) < 4.78 is 24.3. The average Bonchev–Trinajstić information content (AvgIpc) is 3.65. The standard InChI is InChI=1S/C15H15BrN2O3.C9H12N2O3.C6H6BBrO2/c1-2-21-15(19)14-12-6-7-20-9-13(12)18(17-14)11-5-3-4-10(16)8-11;1-2-14-9(12)8-6-3-4-13-5-7(6)10-11-8;8-6-3-1-2-5(4-6)7(9)10/h3-5,8H,2,6-7,9H2,1H3;2-5H2,1H3,(H,10,11);1-4,9-10H. The Bertz CT molecular complexity index is 1610. The first-order valence-corrected chi connectivity index (χ1v) is 15.9. The Kier molecular flexibility index (Phi) is 12.9. The summed E-state index contributed by atoms with van der Waals surface area (Å²) in [7, 11) is -1.38. The fraction of sp³-hybridized carbons (Fsp3) is 0.333. The number of halogens is 2. The molecule has 0 amide bonds. The molecular formula is C30H33BBr2N4O8. The zero-order valence-corrected chi connectivity index (χ0v) is 28.0. The van der Waals surface area contributed by atoms with Crippen LogP contribution in [0.25, 0.3) is 5.69 Å². The summed E-state index contributed by atoms with van der Waals surface area (Å²) in [5.41, 5.74) is 5.87. The second-order valence-corrected chi connectivity index (χ2v) is 11.5. The molecule has 4 aromatic rings. The van der Waals surface area contributed by atoms with Gasteiger partial charge in [-0.2, -0.15) is 10.2 Å². The minimum absolute atomic E-state index is 0.341. The fourth-order valence-corrected chi connectivity index (χ4v) is 5.40. The summed E-state index contributed by atoms with van der Waals surface area (Å²) in [6.45, 7) is 6.47. The van der Waals surface area contributed by atoms with Crippen LogP contribution in [0, 0.1) is 0 Å². The van der Waals surface area contributed by atoms with E-state index in [1.165, 1.54) is 0 Å². The SMILES string of the molecule is CCOC(=O)c1n[nH]c2c1CCOC2.CCOC(=O)c1nn(-c2cccc(Br)c2)c2c1CCOC2.OB(O)c1cccc(Br)c1. The molecule has 2 aliphatic heterocycles. The molecule has 0 radical (unpaired) electrons. The molecule has 0 saturated heterocycles. The normalized spacial score (nSPS) is 13.2. The largest absolute Gasteiger partial charge is 0.488 e. The predicted octanol–water partition coefficient (Wildman–Crippen LogP) is 3.67. The lowest BCUT2D eigenvalue weighted by molar-refractivity contribution is 0.0506. The van der Waals surface area contributed by atoms with Gasteiger partial charge in [0.1, 0.15) is 0 Å². The Hall–Kier alpha value is -3.34. The minimum atomic E-state index is -1.38. The number of aromatic amines is 1. The number of hydrogen-bond acceptors (Lipinski definition) is 10. The Balaban J connectivity index is 0.000000166. The lowest BCUT2D eigenvalue weighted by atomic mass is 9.81. The predicted molar refractivity (Wildman–Crippen MR) is 172 cm³/mol. The van der Waals surface area contributed by atoms with E-state index in [2.05, 4.69) is 47.2 Å². The maximum atomic E-state index is 12.1. The number of carbonyl (C=O) groups is 2. The van der Waals surface area contributed by atoms with Gasteiger partial charge in [-0.3, -0.25) is 5.10 Å². The lowest BCUT2D eigenvalue weighted by Gasteiger charge is -2.15. The van der Waals surface area contributed by atoms with Crippen LogP contribution in [0.4, 0.5) is 0 Å². The van der Waals surface area contributed by atoms with Crippen LogP contribution in [0.5, 0.6) is 0 Å². The number of nitrogens with zero attached hydrogens (tertiary/aromatic N) is 3. The summed E-state index contributed by atoms with van der Waals surface area (Å²) in [6, 6.07) is 14.7. The van der Waals surface area contributed by atoms with Crippen molar-refractivity contribution < 1.29 is 38.6 Å². The molecule has 6 rings (SSSR count). The monoisotopic (exact) mass is 746 g/mol. The third-order valence-corrected chi connectivity index (χ3v) is 7.64. The van der Waals surface area contributed by atoms with Crippen molar-refractivity contribution in [1.29, 1.82) is 0 Å². The van der Waals surface area contributed by atoms with Crippen LogP contribution in [0.3, 0.4) is 0 Å². The number of aromatic nitrogens is 4. The number of carbonyl (C=O) groups excluding carboxylic acids is 2. The van der Waals surface area contributed by atoms with E-state index in [0.29, 0.717) is 62.9 Å². The van der Waals surface area contributed by atoms with Gasteiger partial charge in [-0.15, -0.1) is 0 Å². The molecule has 0 aliphatic carbocycles. The molecule has 0 atom stereocenters. The van der Waals surface area contributed by atoms with Gasteiger partial charge in [0.05, 0.1) is 56.7 Å². The molecule has 4 heterocycles. The number of rotatable bonds is 6. The molecular weight excluding hydrogens is 715 g/mol. The first-order valence-electron chi connectivity index (χ1n) is 14.3. The van der Waals surface area contributed by atoms with Gasteiger partial charge in [0.25, 0.3) is 0 Å². The van der Waals surface area contributed by atoms with Crippen molar-refractivity contribution >= 4 is 56.4 Å². The van der Waals surface area contributed by atoms with Crippen LogP contribution in [0.15, 0.2) is 57.5 Å². The fourth-order valence-electron chi connectivity index (χ4n) is 4.60. The van der Waals surface area contributed by atoms with E-state index in [1.807, 2.05) is 30.3 Å². The van der Waals surface area contributed by atoms with Crippen LogP contribution in [-0.4, -0.2) is 75.5 Å². The van der Waals surface area contributed by atoms with Crippen molar-refractivity contribution in [2.45, 2.75) is 39.9 Å². The number of H-pyrrole nitrogens is 1. The number of ether oxygens (including phenoxy) is 4. The first-order chi connectivity index (χ1) is 21.7. The van der Waals surface area contributed by atoms with Gasteiger partial charge in [0, 0.05) is 32.9 Å². The molecule has 0 unspecified atom stereocenters. The molecule has 0 saturated carbocycles. The Labute approximate surface area is 277 Å². The number of hydrogen-bond donors (Lipinski definition) is 3. The number of esters is 2. The molecule has 15 heteroatoms. The quantitative estimate of drug-likeness (QED) is 0.196. The van der Waals surface area contributed by atoms with Crippen LogP contribution >= 0.6 is 31.9 Å². The Morgan fingerprint density at radius 2 is 1.53 bits per heavy atom. The molecule has 3 N–H and O–H groups in total. The van der Waals surface area contributed by atoms with Crippen LogP contribution in [0.2, 0.25) is 0 Å². The molecule has 0 bridgehead atoms. The van der Waals surface area contributed by atoms with Crippen molar-refractivity contribution in [1.82, 2.24) is 20.0 Å². The van der Waals surface area contributed by atoms with Crippen molar-refractivity contribution in [3.8, 4) is 5.69 Å². The van der Waals surface area contributed by atoms with Crippen LogP contribution in [-0.2, 0) is 45.0 Å². The Morgan fingerprint density at radius 1 is 0.911 bits per heavy atom. The summed E-state index contributed by atoms with van der Waals surface area (Å²) >= 11 is 6.66. The van der Waals surface area contributed by atoms with E-state index in [4.69, 9.17) is 29.0 Å². The van der Waals surface area contributed by atoms with Crippen molar-refractivity contribution in [3.05, 3.63) is 91.4 Å². The maximum Gasteiger partial charge on any atom is 0.488 e. The second kappa shape index (κ2) is 16.8. The third kappa shape index (κ3) is 9.12. The third-order valence-electron chi connectivity index (χ3n) is 6.66. The van der Waals surface area contributed by atoms with Crippen LogP contribution < -0.4 is 5.46 Å². The van der Waals surface area contributed by atoms with Gasteiger partial charge in [-0.05, 0) is 49.6 Å². The second-order valence-electron chi connectivity index (χ2n) is 9.67. The molecule has 2 aromatic heterocycles. The number of fused-ring (bicyclic) bond motifs is 2. The highest BCUT2D eigenvalue weighted by atomic mass is 79.9. The summed E-state index contributed by atoms with van der Waals surface area (Å²) in [5.74, 6) is -0.726. The van der Waals surface area contributed by atoms with E-state index >= 15 is 0 Å². The summed E-state index contributed by atoms with van der Waals surface area (Å²) in [6.07, 6.45) is 1.40. The van der Waals surface area contributed by atoms with Crippen molar-refractivity contribution in [2.24, 2.45) is 0 Å². The molecule has 12 nitrogen and oxygen atoms in total. The van der Waals surface area contributed by atoms with Gasteiger partial charge >= 0.3 is 19.1 Å². The molecule has 0 spiro atoms. The zero-order valence-electron chi connectivity index (χ0n) is 24.8. The molecule has 238 valence electrons. The molecule has 2 aromatic carbocycles. The van der Waals surface area contributed by atoms with Gasteiger partial charge in [-0.1, -0.05) is 50.1 Å². The van der Waals surface area contributed by atoms with Gasteiger partial charge in [0.2, 0.25) is 0 Å². The lowest BCUT2D eigenvalue weighted by Crippen LogP contribution is -2.29. The smallest absolute Gasteiger partial charge is 0.461 e. The number of nitrogens with one attached hydrogen (secondary N) is 1.